The summed E-state index contributed by atoms with van der Waals surface area (Å²) in [6.07, 6.45) is 1.17. The Morgan fingerprint density at radius 1 is 1.15 bits per heavy atom. The second-order valence-corrected chi connectivity index (χ2v) is 4.62. The minimum Gasteiger partial charge on any atom is -0.490 e. The molecule has 0 saturated carbocycles. The van der Waals surface area contributed by atoms with Gasteiger partial charge in [-0.05, 0) is 38.0 Å². The lowest BCUT2D eigenvalue weighted by atomic mass is 9.99. The summed E-state index contributed by atoms with van der Waals surface area (Å²) in [5.41, 5.74) is -0.739. The van der Waals surface area contributed by atoms with Crippen LogP contribution in [0, 0.1) is 0 Å². The molecule has 0 bridgehead atoms. The van der Waals surface area contributed by atoms with Gasteiger partial charge in [-0.1, -0.05) is 13.8 Å². The van der Waals surface area contributed by atoms with Crippen molar-refractivity contribution in [2.45, 2.75) is 39.2 Å². The van der Waals surface area contributed by atoms with Gasteiger partial charge in [0, 0.05) is 0 Å². The van der Waals surface area contributed by atoms with E-state index in [9.17, 15) is 9.90 Å². The Kier molecular flexibility index (Phi) is 5.82. The molecule has 0 saturated heterocycles. The van der Waals surface area contributed by atoms with Crippen LogP contribution in [0.4, 0.5) is 0 Å². The van der Waals surface area contributed by atoms with Crippen LogP contribution < -0.4 is 9.47 Å². The summed E-state index contributed by atoms with van der Waals surface area (Å²) >= 11 is 0. The Bertz CT molecular complexity index is 452. The van der Waals surface area contributed by atoms with Crippen molar-refractivity contribution in [3.8, 4) is 11.5 Å². The molecule has 0 heterocycles. The predicted molar refractivity (Wildman–Crippen MR) is 75.6 cm³/mol. The van der Waals surface area contributed by atoms with Crippen LogP contribution in [0.3, 0.4) is 0 Å². The molecule has 0 aliphatic heterocycles. The molecular formula is C15H22O5. The fraction of sp³-hybridized carbons (Fsp3) is 0.533. The fourth-order valence-electron chi connectivity index (χ4n) is 1.69. The van der Waals surface area contributed by atoms with Crippen molar-refractivity contribution in [2.75, 3.05) is 13.2 Å². The average molecular weight is 282 g/mol. The summed E-state index contributed by atoms with van der Waals surface area (Å²) in [4.78, 5) is 10.9. The Hall–Kier alpha value is -1.75. The number of aliphatic hydroxyl groups is 1. The molecular weight excluding hydrogens is 260 g/mol. The van der Waals surface area contributed by atoms with E-state index < -0.39 is 11.6 Å². The van der Waals surface area contributed by atoms with Crippen molar-refractivity contribution < 1.29 is 24.5 Å². The number of hydrogen-bond donors (Lipinski definition) is 2. The Morgan fingerprint density at radius 2 is 1.80 bits per heavy atom. The smallest absolute Gasteiger partial charge is 0.335 e. The van der Waals surface area contributed by atoms with Crippen LogP contribution in [0.5, 0.6) is 11.5 Å². The Labute approximate surface area is 119 Å². The Balaban J connectivity index is 2.91. The van der Waals surface area contributed by atoms with Gasteiger partial charge in [0.1, 0.15) is 6.61 Å². The molecule has 0 spiro atoms. The number of carboxylic acid groups (broad SMARTS) is 1. The van der Waals surface area contributed by atoms with Crippen LogP contribution in [-0.4, -0.2) is 35.0 Å². The molecule has 2 N–H and O–H groups in total. The first-order chi connectivity index (χ1) is 9.45. The lowest BCUT2D eigenvalue weighted by Gasteiger charge is -2.25. The van der Waals surface area contributed by atoms with Crippen molar-refractivity contribution in [1.29, 1.82) is 0 Å². The molecule has 112 valence electrons. The molecule has 0 atom stereocenters. The zero-order valence-electron chi connectivity index (χ0n) is 12.2. The van der Waals surface area contributed by atoms with E-state index in [1.54, 1.807) is 6.07 Å². The van der Waals surface area contributed by atoms with Gasteiger partial charge in [0.2, 0.25) is 0 Å². The second kappa shape index (κ2) is 7.14. The summed E-state index contributed by atoms with van der Waals surface area (Å²) in [5.74, 6) is -0.199. The zero-order chi connectivity index (χ0) is 15.2. The highest BCUT2D eigenvalue weighted by molar-refractivity contribution is 5.88. The second-order valence-electron chi connectivity index (χ2n) is 4.62. The van der Waals surface area contributed by atoms with Crippen molar-refractivity contribution in [3.63, 3.8) is 0 Å². The predicted octanol–water partition coefficient (Wildman–Crippen LogP) is 2.71. The molecule has 0 radical (unpaired) electrons. The minimum absolute atomic E-state index is 0.141. The first-order valence-corrected chi connectivity index (χ1v) is 6.81. The first-order valence-electron chi connectivity index (χ1n) is 6.81. The van der Waals surface area contributed by atoms with E-state index in [-0.39, 0.29) is 12.2 Å². The number of carbonyl (C=O) groups is 1. The van der Waals surface area contributed by atoms with Crippen LogP contribution in [0.15, 0.2) is 18.2 Å². The van der Waals surface area contributed by atoms with Gasteiger partial charge in [0.25, 0.3) is 0 Å². The van der Waals surface area contributed by atoms with Crippen molar-refractivity contribution >= 4 is 5.97 Å². The zero-order valence-corrected chi connectivity index (χ0v) is 12.2. The van der Waals surface area contributed by atoms with Gasteiger partial charge >= 0.3 is 5.97 Å². The highest BCUT2D eigenvalue weighted by Gasteiger charge is 2.24. The molecule has 1 aromatic carbocycles. The molecule has 0 aliphatic rings. The third kappa shape index (κ3) is 4.13. The lowest BCUT2D eigenvalue weighted by molar-refractivity contribution is -0.0120. The molecule has 0 aliphatic carbocycles. The molecule has 5 nitrogen and oxygen atoms in total. The monoisotopic (exact) mass is 282 g/mol. The maximum atomic E-state index is 10.9. The van der Waals surface area contributed by atoms with Crippen molar-refractivity contribution in [3.05, 3.63) is 23.8 Å². The normalized spacial score (nSPS) is 11.2. The van der Waals surface area contributed by atoms with Crippen LogP contribution in [0.2, 0.25) is 0 Å². The van der Waals surface area contributed by atoms with E-state index >= 15 is 0 Å². The molecule has 5 heteroatoms. The SMILES string of the molecule is CCOc1cc(C(=O)O)ccc1OCC(O)(CC)CC. The number of ether oxygens (including phenoxy) is 2. The van der Waals surface area contributed by atoms with Crippen LogP contribution in [0.25, 0.3) is 0 Å². The molecule has 20 heavy (non-hydrogen) atoms. The van der Waals surface area contributed by atoms with Crippen LogP contribution >= 0.6 is 0 Å². The molecule has 0 aromatic heterocycles. The quantitative estimate of drug-likeness (QED) is 0.766. The summed E-state index contributed by atoms with van der Waals surface area (Å²) in [6.45, 7) is 6.15. The largest absolute Gasteiger partial charge is 0.490 e. The van der Waals surface area contributed by atoms with Gasteiger partial charge in [0.15, 0.2) is 11.5 Å². The summed E-state index contributed by atoms with van der Waals surface area (Å²) < 4.78 is 11.0. The number of hydrogen-bond acceptors (Lipinski definition) is 4. The maximum Gasteiger partial charge on any atom is 0.335 e. The molecule has 1 rings (SSSR count). The third-order valence-corrected chi connectivity index (χ3v) is 3.30. The highest BCUT2D eigenvalue weighted by atomic mass is 16.5. The number of rotatable bonds is 8. The van der Waals surface area contributed by atoms with E-state index in [1.165, 1.54) is 12.1 Å². The molecule has 1 aromatic rings. The van der Waals surface area contributed by atoms with Gasteiger partial charge in [-0.3, -0.25) is 0 Å². The highest BCUT2D eigenvalue weighted by Crippen LogP contribution is 2.30. The van der Waals surface area contributed by atoms with Gasteiger partial charge in [0.05, 0.1) is 17.8 Å². The standard InChI is InChI=1S/C15H22O5/c1-4-15(18,5-2)10-20-12-8-7-11(14(16)17)9-13(12)19-6-3/h7-9,18H,4-6,10H2,1-3H3,(H,16,17). The molecule has 0 fully saturated rings. The van der Waals surface area contributed by atoms with E-state index in [0.717, 1.165) is 0 Å². The van der Waals surface area contributed by atoms with Gasteiger partial charge in [-0.2, -0.15) is 0 Å². The third-order valence-electron chi connectivity index (χ3n) is 3.30. The average Bonchev–Trinajstić information content (AvgIpc) is 2.45. The van der Waals surface area contributed by atoms with Crippen molar-refractivity contribution in [1.82, 2.24) is 0 Å². The van der Waals surface area contributed by atoms with E-state index in [2.05, 4.69) is 0 Å². The van der Waals surface area contributed by atoms with Gasteiger partial charge in [-0.15, -0.1) is 0 Å². The first kappa shape index (κ1) is 16.3. The van der Waals surface area contributed by atoms with E-state index in [1.807, 2.05) is 20.8 Å². The number of carboxylic acids is 1. The number of benzene rings is 1. The summed E-state index contributed by atoms with van der Waals surface area (Å²) in [6, 6.07) is 4.44. The van der Waals surface area contributed by atoms with Crippen LogP contribution in [0.1, 0.15) is 44.0 Å². The molecule has 0 amide bonds. The maximum absolute atomic E-state index is 10.9. The lowest BCUT2D eigenvalue weighted by Crippen LogP contribution is -2.34. The minimum atomic E-state index is -1.02. The van der Waals surface area contributed by atoms with E-state index in [0.29, 0.717) is 30.9 Å². The van der Waals surface area contributed by atoms with Gasteiger partial charge < -0.3 is 19.7 Å². The van der Waals surface area contributed by atoms with Gasteiger partial charge in [-0.25, -0.2) is 4.79 Å². The number of aromatic carboxylic acids is 1. The summed E-state index contributed by atoms with van der Waals surface area (Å²) in [7, 11) is 0. The fourth-order valence-corrected chi connectivity index (χ4v) is 1.69. The molecule has 0 unspecified atom stereocenters. The summed E-state index contributed by atoms with van der Waals surface area (Å²) in [5, 5.41) is 19.2. The van der Waals surface area contributed by atoms with E-state index in [4.69, 9.17) is 14.6 Å². The topological polar surface area (TPSA) is 76.0 Å². The van der Waals surface area contributed by atoms with Crippen LogP contribution in [-0.2, 0) is 0 Å². The Morgan fingerprint density at radius 3 is 2.30 bits per heavy atom. The van der Waals surface area contributed by atoms with Crippen molar-refractivity contribution in [2.24, 2.45) is 0 Å².